The third-order valence-corrected chi connectivity index (χ3v) is 7.17. The van der Waals surface area contributed by atoms with E-state index in [-0.39, 0.29) is 18.1 Å². The average molecular weight is 517 g/mol. The van der Waals surface area contributed by atoms with Crippen molar-refractivity contribution >= 4 is 40.2 Å². The fourth-order valence-corrected chi connectivity index (χ4v) is 5.05. The number of likely N-dealkylation sites (tertiary alicyclic amines) is 1. The number of anilines is 4. The first kappa shape index (κ1) is 25.9. The van der Waals surface area contributed by atoms with Gasteiger partial charge in [-0.2, -0.15) is 9.97 Å². The average Bonchev–Trinajstić information content (AvgIpc) is 3.34. The monoisotopic (exact) mass is 516 g/mol. The fraction of sp³-hybridized carbons (Fsp3) is 0.500. The summed E-state index contributed by atoms with van der Waals surface area (Å²) < 4.78 is 1.98. The van der Waals surface area contributed by atoms with E-state index in [4.69, 9.17) is 9.97 Å². The summed E-state index contributed by atoms with van der Waals surface area (Å²) in [5, 5.41) is 19.5. The number of rotatable bonds is 7. The number of piperidine rings is 1. The fourth-order valence-electron chi connectivity index (χ4n) is 5.05. The van der Waals surface area contributed by atoms with Gasteiger partial charge in [0.2, 0.25) is 5.95 Å². The van der Waals surface area contributed by atoms with E-state index in [0.717, 1.165) is 56.7 Å². The molecule has 1 saturated carbocycles. The molecule has 38 heavy (non-hydrogen) atoms. The zero-order chi connectivity index (χ0) is 26.3. The Kier molecular flexibility index (Phi) is 8.36. The topological polar surface area (TPSA) is 120 Å². The Hall–Kier alpha value is -3.68. The van der Waals surface area contributed by atoms with E-state index in [1.807, 2.05) is 35.8 Å². The number of imidazole rings is 1. The van der Waals surface area contributed by atoms with Crippen molar-refractivity contribution in [3.05, 3.63) is 30.6 Å². The summed E-state index contributed by atoms with van der Waals surface area (Å²) in [4.78, 5) is 28.7. The molecule has 0 atom stereocenters. The minimum absolute atomic E-state index is 0.219. The first-order valence-electron chi connectivity index (χ1n) is 13.6. The van der Waals surface area contributed by atoms with E-state index >= 15 is 0 Å². The highest BCUT2D eigenvalue weighted by Crippen LogP contribution is 2.27. The number of fused-ring (bicyclic) bond motifs is 1. The van der Waals surface area contributed by atoms with Gasteiger partial charge in [0.15, 0.2) is 17.0 Å². The lowest BCUT2D eigenvalue weighted by Gasteiger charge is -2.26. The Labute approximate surface area is 223 Å². The molecule has 0 unspecified atom stereocenters. The van der Waals surface area contributed by atoms with Crippen LogP contribution in [0.5, 0.6) is 0 Å². The lowest BCUT2D eigenvalue weighted by Crippen LogP contribution is -2.30. The van der Waals surface area contributed by atoms with Crippen molar-refractivity contribution in [2.24, 2.45) is 0 Å². The summed E-state index contributed by atoms with van der Waals surface area (Å²) in [6, 6.07) is 7.69. The van der Waals surface area contributed by atoms with Gasteiger partial charge in [0, 0.05) is 24.0 Å². The second-order valence-corrected chi connectivity index (χ2v) is 10.0. The number of aromatic nitrogens is 4. The Morgan fingerprint density at radius 2 is 1.89 bits per heavy atom. The van der Waals surface area contributed by atoms with Crippen molar-refractivity contribution in [3.63, 3.8) is 0 Å². The molecule has 1 amide bonds. The third-order valence-electron chi connectivity index (χ3n) is 7.17. The van der Waals surface area contributed by atoms with Gasteiger partial charge >= 0.3 is 0 Å². The van der Waals surface area contributed by atoms with Gasteiger partial charge in [-0.05, 0) is 82.7 Å². The number of aryl methyl sites for hydroxylation is 1. The summed E-state index contributed by atoms with van der Waals surface area (Å²) >= 11 is 0. The SMILES string of the molecule is CCn1cnc2c(Nc3cccc(NC(=O)C#CCN4CCCCC4)c3)nc(NC3CCC(O)CC3)nc21. The Morgan fingerprint density at radius 3 is 2.68 bits per heavy atom. The first-order valence-corrected chi connectivity index (χ1v) is 13.6. The van der Waals surface area contributed by atoms with E-state index in [2.05, 4.69) is 37.7 Å². The molecule has 0 spiro atoms. The van der Waals surface area contributed by atoms with E-state index in [0.29, 0.717) is 29.5 Å². The lowest BCUT2D eigenvalue weighted by molar-refractivity contribution is -0.111. The molecule has 2 aliphatic rings. The van der Waals surface area contributed by atoms with Gasteiger partial charge in [0.25, 0.3) is 5.91 Å². The molecule has 2 fully saturated rings. The molecular formula is C28H36N8O2. The molecule has 10 nitrogen and oxygen atoms in total. The second kappa shape index (κ2) is 12.2. The van der Waals surface area contributed by atoms with Crippen LogP contribution in [0, 0.1) is 11.8 Å². The van der Waals surface area contributed by atoms with Crippen molar-refractivity contribution in [3.8, 4) is 11.8 Å². The van der Waals surface area contributed by atoms with Crippen LogP contribution in [0.15, 0.2) is 30.6 Å². The molecule has 10 heteroatoms. The molecule has 2 aromatic heterocycles. The Bertz CT molecular complexity index is 1310. The van der Waals surface area contributed by atoms with Gasteiger partial charge in [0.05, 0.1) is 19.0 Å². The van der Waals surface area contributed by atoms with Crippen LogP contribution in [0.25, 0.3) is 11.2 Å². The summed E-state index contributed by atoms with van der Waals surface area (Å²) in [5.74, 6) is 6.51. The number of aliphatic hydroxyl groups excluding tert-OH is 1. The van der Waals surface area contributed by atoms with E-state index < -0.39 is 0 Å². The van der Waals surface area contributed by atoms with Crippen molar-refractivity contribution in [2.45, 2.75) is 70.6 Å². The minimum Gasteiger partial charge on any atom is -0.393 e. The van der Waals surface area contributed by atoms with E-state index in [1.54, 1.807) is 6.33 Å². The van der Waals surface area contributed by atoms with Gasteiger partial charge in [0.1, 0.15) is 0 Å². The molecule has 4 N–H and O–H groups in total. The zero-order valence-corrected chi connectivity index (χ0v) is 21.9. The van der Waals surface area contributed by atoms with E-state index in [9.17, 15) is 9.90 Å². The number of aliphatic hydroxyl groups is 1. The van der Waals surface area contributed by atoms with Crippen molar-refractivity contribution < 1.29 is 9.90 Å². The smallest absolute Gasteiger partial charge is 0.300 e. The van der Waals surface area contributed by atoms with Gasteiger partial charge in [-0.3, -0.25) is 9.69 Å². The highest BCUT2D eigenvalue weighted by atomic mass is 16.3. The minimum atomic E-state index is -0.325. The molecular weight excluding hydrogens is 480 g/mol. The molecule has 5 rings (SSSR count). The summed E-state index contributed by atoms with van der Waals surface area (Å²) in [6.07, 6.45) is 8.54. The molecule has 1 aliphatic heterocycles. The number of hydrogen-bond acceptors (Lipinski definition) is 8. The maximum absolute atomic E-state index is 12.4. The number of amides is 1. The predicted molar refractivity (Wildman–Crippen MR) is 149 cm³/mol. The number of benzene rings is 1. The standard InChI is InChI=1S/C28H36N8O2/c1-2-36-19-29-25-26(33-28(34-27(25)36)32-20-11-13-23(37)14-12-20)31-22-9-6-8-21(18-22)30-24(38)10-7-17-35-15-4-3-5-16-35/h6,8-9,18-20,23,37H,2-5,11-17H2,1H3,(H,30,38)(H2,31,32,33,34). The van der Waals surface area contributed by atoms with Gasteiger partial charge in [-0.1, -0.05) is 18.4 Å². The van der Waals surface area contributed by atoms with Crippen molar-refractivity contribution in [1.82, 2.24) is 24.4 Å². The molecule has 0 radical (unpaired) electrons. The molecule has 3 aromatic rings. The van der Waals surface area contributed by atoms with Crippen molar-refractivity contribution in [1.29, 1.82) is 0 Å². The number of carbonyl (C=O) groups is 1. The number of nitrogens with one attached hydrogen (secondary N) is 3. The molecule has 0 bridgehead atoms. The normalized spacial score (nSPS) is 19.9. The van der Waals surface area contributed by atoms with Crippen molar-refractivity contribution in [2.75, 3.05) is 35.6 Å². The lowest BCUT2D eigenvalue weighted by atomic mass is 9.93. The largest absolute Gasteiger partial charge is 0.393 e. The second-order valence-electron chi connectivity index (χ2n) is 10.0. The number of hydrogen-bond donors (Lipinski definition) is 4. The highest BCUT2D eigenvalue weighted by Gasteiger charge is 2.21. The van der Waals surface area contributed by atoms with Crippen LogP contribution >= 0.6 is 0 Å². The summed E-state index contributed by atoms with van der Waals surface area (Å²) in [5.41, 5.74) is 2.84. The highest BCUT2D eigenvalue weighted by molar-refractivity contribution is 6.04. The maximum atomic E-state index is 12.4. The van der Waals surface area contributed by atoms with Crippen LogP contribution in [-0.4, -0.2) is 67.2 Å². The van der Waals surface area contributed by atoms with Crippen LogP contribution < -0.4 is 16.0 Å². The van der Waals surface area contributed by atoms with E-state index in [1.165, 1.54) is 19.3 Å². The molecule has 1 aliphatic carbocycles. The van der Waals surface area contributed by atoms with Crippen LogP contribution in [-0.2, 0) is 11.3 Å². The quantitative estimate of drug-likeness (QED) is 0.351. The number of nitrogens with zero attached hydrogens (tertiary/aromatic N) is 5. The maximum Gasteiger partial charge on any atom is 0.300 e. The molecule has 1 aromatic carbocycles. The summed E-state index contributed by atoms with van der Waals surface area (Å²) in [7, 11) is 0. The summed E-state index contributed by atoms with van der Waals surface area (Å²) in [6.45, 7) is 5.52. The zero-order valence-electron chi connectivity index (χ0n) is 21.9. The predicted octanol–water partition coefficient (Wildman–Crippen LogP) is 3.73. The third kappa shape index (κ3) is 6.60. The molecule has 200 valence electrons. The van der Waals surface area contributed by atoms with Gasteiger partial charge in [-0.25, -0.2) is 4.98 Å². The van der Waals surface area contributed by atoms with Gasteiger partial charge < -0.3 is 25.6 Å². The van der Waals surface area contributed by atoms with Crippen LogP contribution in [0.3, 0.4) is 0 Å². The van der Waals surface area contributed by atoms with Crippen LogP contribution in [0.4, 0.5) is 23.1 Å². The number of carbonyl (C=O) groups excluding carboxylic acids is 1. The van der Waals surface area contributed by atoms with Crippen LogP contribution in [0.2, 0.25) is 0 Å². The molecule has 1 saturated heterocycles. The Morgan fingerprint density at radius 1 is 1.11 bits per heavy atom. The Balaban J connectivity index is 1.29. The van der Waals surface area contributed by atoms with Crippen LogP contribution in [0.1, 0.15) is 51.9 Å². The first-order chi connectivity index (χ1) is 18.6. The van der Waals surface area contributed by atoms with Gasteiger partial charge in [-0.15, -0.1) is 0 Å². The molecule has 3 heterocycles.